The minimum Gasteiger partial charge on any atom is -0.397 e. The van der Waals surface area contributed by atoms with Crippen molar-refractivity contribution < 1.29 is 4.39 Å². The van der Waals surface area contributed by atoms with Crippen LogP contribution in [0.25, 0.3) is 0 Å². The van der Waals surface area contributed by atoms with Gasteiger partial charge in [0.2, 0.25) is 0 Å². The van der Waals surface area contributed by atoms with Crippen molar-refractivity contribution in [2.24, 2.45) is 0 Å². The van der Waals surface area contributed by atoms with Crippen molar-refractivity contribution in [3.63, 3.8) is 0 Å². The van der Waals surface area contributed by atoms with Crippen LogP contribution in [0.4, 0.5) is 0 Å². The van der Waals surface area contributed by atoms with Gasteiger partial charge in [-0.1, -0.05) is 0 Å². The van der Waals surface area contributed by atoms with Gasteiger partial charge in [-0.2, -0.15) is 0 Å². The highest BCUT2D eigenvalue weighted by molar-refractivity contribution is 5.97. The van der Waals surface area contributed by atoms with E-state index >= 15 is 0 Å². The van der Waals surface area contributed by atoms with Gasteiger partial charge in [-0.3, -0.25) is 0 Å². The summed E-state index contributed by atoms with van der Waals surface area (Å²) in [7, 11) is 5.83. The Morgan fingerprint density at radius 1 is 1.00 bits per heavy atom. The maximum absolute atomic E-state index is 5.83. The van der Waals surface area contributed by atoms with Crippen molar-refractivity contribution in [1.82, 2.24) is 0 Å². The molecule has 0 aromatic heterocycles. The summed E-state index contributed by atoms with van der Waals surface area (Å²) in [6.45, 7) is 9.46. The molecule has 1 nitrogen and oxygen atoms in total. The van der Waals surface area contributed by atoms with E-state index in [4.69, 9.17) is 7.98 Å². The van der Waals surface area contributed by atoms with Gasteiger partial charge in [0.25, 0.3) is 0 Å². The van der Waals surface area contributed by atoms with Gasteiger partial charge in [-0.25, -0.2) is 0 Å². The van der Waals surface area contributed by atoms with Crippen molar-refractivity contribution in [2.45, 2.75) is 20.8 Å². The normalized spacial score (nSPS) is 11.9. The first-order chi connectivity index (χ1) is 3.68. The van der Waals surface area contributed by atoms with Crippen LogP contribution < -0.4 is 0 Å². The molecule has 0 saturated heterocycles. The molecule has 46 valence electrons. The lowest BCUT2D eigenvalue weighted by atomic mass is 10.2. The largest absolute Gasteiger partial charge is 0.481 e. The molecule has 0 saturated carbocycles. The summed E-state index contributed by atoms with van der Waals surface area (Å²) in [6.07, 6.45) is 0. The lowest BCUT2D eigenvalue weighted by molar-refractivity contribution is -0.811. The molecule has 0 fully saturated rings. The van der Waals surface area contributed by atoms with Crippen molar-refractivity contribution in [3.05, 3.63) is 0 Å². The molecule has 0 aliphatic heterocycles. The second kappa shape index (κ2) is 3.13. The Hall–Kier alpha value is 0.0249. The van der Waals surface area contributed by atoms with Crippen LogP contribution in [0, 0.1) is 0 Å². The molecule has 0 aliphatic carbocycles. The molecule has 0 aromatic rings. The summed E-state index contributed by atoms with van der Waals surface area (Å²) in [5, 5.41) is 0. The number of hydrogen-bond acceptors (Lipinski definition) is 0. The number of nitrogens with zero attached hydrogens (tertiary/aromatic N) is 1. The van der Waals surface area contributed by atoms with Crippen LogP contribution in [0.1, 0.15) is 20.8 Å². The van der Waals surface area contributed by atoms with E-state index in [2.05, 4.69) is 20.8 Å². The van der Waals surface area contributed by atoms with Gasteiger partial charge in [0.1, 0.15) is 0 Å². The Morgan fingerprint density at radius 3 is 1.25 bits per heavy atom. The SMILES string of the molecule is [B][N+](CC)(CC)CC. The highest BCUT2D eigenvalue weighted by Gasteiger charge is 2.11. The molecule has 0 bridgehead atoms. The molecule has 0 atom stereocenters. The van der Waals surface area contributed by atoms with Crippen molar-refractivity contribution in [1.29, 1.82) is 0 Å². The highest BCUT2D eigenvalue weighted by Crippen LogP contribution is 1.96. The molecule has 0 N–H and O–H groups in total. The minimum absolute atomic E-state index is 0.708. The number of quaternary nitrogens is 1. The lowest BCUT2D eigenvalue weighted by Crippen LogP contribution is -2.44. The first-order valence-corrected chi connectivity index (χ1v) is 3.33. The van der Waals surface area contributed by atoms with Gasteiger partial charge in [0.05, 0.1) is 19.6 Å². The van der Waals surface area contributed by atoms with Crippen molar-refractivity contribution in [3.8, 4) is 0 Å². The summed E-state index contributed by atoms with van der Waals surface area (Å²) in [6, 6.07) is 0. The number of hydrogen-bond donors (Lipinski definition) is 0. The van der Waals surface area contributed by atoms with Crippen LogP contribution in [0.2, 0.25) is 0 Å². The van der Waals surface area contributed by atoms with E-state index in [0.29, 0.717) is 4.39 Å². The summed E-state index contributed by atoms with van der Waals surface area (Å²) in [5.74, 6) is 0. The van der Waals surface area contributed by atoms with E-state index in [0.717, 1.165) is 19.6 Å². The van der Waals surface area contributed by atoms with E-state index in [9.17, 15) is 0 Å². The molecular weight excluding hydrogens is 96.9 g/mol. The van der Waals surface area contributed by atoms with Crippen LogP contribution in [0.3, 0.4) is 0 Å². The monoisotopic (exact) mass is 112 g/mol. The standard InChI is InChI=1S/C6H15BN/c1-4-8(7,5-2)6-3/h4-6H2,1-3H3/q+1. The topological polar surface area (TPSA) is 0 Å². The number of rotatable bonds is 3. The van der Waals surface area contributed by atoms with E-state index < -0.39 is 0 Å². The van der Waals surface area contributed by atoms with Crippen LogP contribution in [0.15, 0.2) is 0 Å². The van der Waals surface area contributed by atoms with Crippen molar-refractivity contribution >= 4 is 7.98 Å². The van der Waals surface area contributed by atoms with E-state index in [-0.39, 0.29) is 0 Å². The van der Waals surface area contributed by atoms with Crippen LogP contribution in [0.5, 0.6) is 0 Å². The van der Waals surface area contributed by atoms with Gasteiger partial charge in [0, 0.05) is 0 Å². The Labute approximate surface area is 53.7 Å². The predicted octanol–water partition coefficient (Wildman–Crippen LogP) is 0.946. The lowest BCUT2D eigenvalue weighted by Gasteiger charge is -2.31. The Balaban J connectivity index is 3.58. The zero-order valence-corrected chi connectivity index (χ0v) is 6.15. The Bertz CT molecular complexity index is 51.3. The molecule has 0 heterocycles. The van der Waals surface area contributed by atoms with Crippen LogP contribution in [-0.2, 0) is 0 Å². The second-order valence-electron chi connectivity index (χ2n) is 2.17. The molecule has 0 aliphatic rings. The maximum atomic E-state index is 5.83. The molecule has 2 radical (unpaired) electrons. The predicted molar refractivity (Wildman–Crippen MR) is 37.6 cm³/mol. The third kappa shape index (κ3) is 1.87. The Kier molecular flexibility index (Phi) is 3.14. The van der Waals surface area contributed by atoms with Gasteiger partial charge in [-0.05, 0) is 20.8 Å². The average molecular weight is 112 g/mol. The molecule has 0 aromatic carbocycles. The minimum atomic E-state index is 0.708. The van der Waals surface area contributed by atoms with Crippen LogP contribution in [-0.4, -0.2) is 32.0 Å². The molecule has 0 rings (SSSR count). The summed E-state index contributed by atoms with van der Waals surface area (Å²) < 4.78 is 0.708. The van der Waals surface area contributed by atoms with Gasteiger partial charge >= 0.3 is 7.98 Å². The van der Waals surface area contributed by atoms with Crippen molar-refractivity contribution in [2.75, 3.05) is 19.6 Å². The average Bonchev–Trinajstić information content (AvgIpc) is 1.87. The zero-order valence-electron chi connectivity index (χ0n) is 6.15. The molecule has 0 amide bonds. The smallest absolute Gasteiger partial charge is 0.397 e. The maximum Gasteiger partial charge on any atom is 0.481 e. The van der Waals surface area contributed by atoms with Gasteiger partial charge in [0.15, 0.2) is 0 Å². The molecule has 0 unspecified atom stereocenters. The fourth-order valence-corrected chi connectivity index (χ4v) is 0.671. The third-order valence-corrected chi connectivity index (χ3v) is 1.89. The quantitative estimate of drug-likeness (QED) is 0.476. The van der Waals surface area contributed by atoms with Crippen LogP contribution >= 0.6 is 0 Å². The van der Waals surface area contributed by atoms with Gasteiger partial charge < -0.3 is 4.39 Å². The molecule has 0 spiro atoms. The first-order valence-electron chi connectivity index (χ1n) is 3.33. The fourth-order valence-electron chi connectivity index (χ4n) is 0.671. The van der Waals surface area contributed by atoms with E-state index in [1.807, 2.05) is 0 Å². The summed E-state index contributed by atoms with van der Waals surface area (Å²) >= 11 is 0. The highest BCUT2D eigenvalue weighted by atomic mass is 15.3. The summed E-state index contributed by atoms with van der Waals surface area (Å²) in [4.78, 5) is 0. The second-order valence-corrected chi connectivity index (χ2v) is 2.17. The molecule has 8 heavy (non-hydrogen) atoms. The zero-order chi connectivity index (χ0) is 6.62. The van der Waals surface area contributed by atoms with Gasteiger partial charge in [-0.15, -0.1) is 0 Å². The van der Waals surface area contributed by atoms with E-state index in [1.54, 1.807) is 0 Å². The summed E-state index contributed by atoms with van der Waals surface area (Å²) in [5.41, 5.74) is 0. The van der Waals surface area contributed by atoms with E-state index in [1.165, 1.54) is 0 Å². The Morgan fingerprint density at radius 2 is 1.25 bits per heavy atom. The molecular formula is C6H15BN+. The fraction of sp³-hybridized carbons (Fsp3) is 1.00. The third-order valence-electron chi connectivity index (χ3n) is 1.89. The molecule has 2 heteroatoms. The first kappa shape index (κ1) is 8.02.